The van der Waals surface area contributed by atoms with Gasteiger partial charge in [0.05, 0.1) is 6.33 Å². The molecule has 2 N–H and O–H groups in total. The van der Waals surface area contributed by atoms with Crippen molar-refractivity contribution >= 4 is 33.7 Å². The van der Waals surface area contributed by atoms with E-state index >= 15 is 0 Å². The predicted octanol–water partition coefficient (Wildman–Crippen LogP) is 2.76. The van der Waals surface area contributed by atoms with E-state index in [-0.39, 0.29) is 5.91 Å². The maximum atomic E-state index is 12.4. The minimum atomic E-state index is -0.228. The fourth-order valence-corrected chi connectivity index (χ4v) is 2.37. The van der Waals surface area contributed by atoms with Crippen LogP contribution in [-0.2, 0) is 0 Å². The lowest BCUT2D eigenvalue weighted by Gasteiger charge is -2.06. The minimum Gasteiger partial charge on any atom is -0.329 e. The van der Waals surface area contributed by atoms with E-state index in [2.05, 4.69) is 25.3 Å². The number of fused-ring (bicyclic) bond motifs is 2. The Morgan fingerprint density at radius 3 is 2.77 bits per heavy atom. The first-order valence-corrected chi connectivity index (χ1v) is 6.75. The molecule has 106 valence electrons. The van der Waals surface area contributed by atoms with Crippen LogP contribution in [0.4, 0.5) is 5.82 Å². The summed E-state index contributed by atoms with van der Waals surface area (Å²) in [5.74, 6) is 0.165. The first-order chi connectivity index (χ1) is 10.8. The van der Waals surface area contributed by atoms with E-state index in [0.717, 1.165) is 10.8 Å². The number of anilines is 1. The Labute approximate surface area is 125 Å². The molecular weight excluding hydrogens is 278 g/mol. The zero-order chi connectivity index (χ0) is 14.9. The van der Waals surface area contributed by atoms with E-state index in [0.29, 0.717) is 22.5 Å². The van der Waals surface area contributed by atoms with Crippen molar-refractivity contribution in [1.82, 2.24) is 19.9 Å². The van der Waals surface area contributed by atoms with Crippen LogP contribution >= 0.6 is 0 Å². The van der Waals surface area contributed by atoms with Crippen LogP contribution in [0.5, 0.6) is 0 Å². The summed E-state index contributed by atoms with van der Waals surface area (Å²) in [6.07, 6.45) is 2.90. The highest BCUT2D eigenvalue weighted by atomic mass is 16.1. The van der Waals surface area contributed by atoms with Crippen LogP contribution in [0.1, 0.15) is 10.4 Å². The molecule has 0 radical (unpaired) electrons. The van der Waals surface area contributed by atoms with Gasteiger partial charge in [0.15, 0.2) is 17.0 Å². The number of aromatic amines is 1. The first kappa shape index (κ1) is 12.5. The topological polar surface area (TPSA) is 83.6 Å². The zero-order valence-electron chi connectivity index (χ0n) is 11.4. The number of H-pyrrole nitrogens is 1. The molecule has 22 heavy (non-hydrogen) atoms. The second kappa shape index (κ2) is 4.92. The molecule has 6 nitrogen and oxygen atoms in total. The number of carbonyl (C=O) groups is 1. The van der Waals surface area contributed by atoms with E-state index in [1.165, 1.54) is 12.7 Å². The first-order valence-electron chi connectivity index (χ1n) is 6.75. The second-order valence-electron chi connectivity index (χ2n) is 4.84. The van der Waals surface area contributed by atoms with Crippen LogP contribution in [0.25, 0.3) is 21.9 Å². The Morgan fingerprint density at radius 2 is 1.86 bits per heavy atom. The van der Waals surface area contributed by atoms with E-state index in [9.17, 15) is 4.79 Å². The minimum absolute atomic E-state index is 0.228. The maximum absolute atomic E-state index is 12.4. The molecule has 0 saturated heterocycles. The average molecular weight is 289 g/mol. The molecule has 0 aliphatic rings. The summed E-state index contributed by atoms with van der Waals surface area (Å²) in [6.45, 7) is 0. The van der Waals surface area contributed by atoms with Crippen molar-refractivity contribution in [2.24, 2.45) is 0 Å². The SMILES string of the molecule is O=C(Nc1ncnc2[nH]cnc12)c1ccc2ccccc2c1. The number of rotatable bonds is 2. The molecule has 0 saturated carbocycles. The Morgan fingerprint density at radius 1 is 1.00 bits per heavy atom. The summed E-state index contributed by atoms with van der Waals surface area (Å²) in [5.41, 5.74) is 1.70. The number of imidazole rings is 1. The normalized spacial score (nSPS) is 10.9. The smallest absolute Gasteiger partial charge is 0.256 e. The highest BCUT2D eigenvalue weighted by molar-refractivity contribution is 6.08. The molecule has 4 rings (SSSR count). The van der Waals surface area contributed by atoms with Gasteiger partial charge in [0, 0.05) is 5.56 Å². The van der Waals surface area contributed by atoms with Gasteiger partial charge >= 0.3 is 0 Å². The summed E-state index contributed by atoms with van der Waals surface area (Å²) in [5, 5.41) is 4.89. The highest BCUT2D eigenvalue weighted by Crippen LogP contribution is 2.18. The van der Waals surface area contributed by atoms with Crippen molar-refractivity contribution in [3.63, 3.8) is 0 Å². The second-order valence-corrected chi connectivity index (χ2v) is 4.84. The van der Waals surface area contributed by atoms with Crippen molar-refractivity contribution in [2.75, 3.05) is 5.32 Å². The third-order valence-electron chi connectivity index (χ3n) is 3.46. The van der Waals surface area contributed by atoms with Crippen LogP contribution < -0.4 is 5.32 Å². The van der Waals surface area contributed by atoms with E-state index in [4.69, 9.17) is 0 Å². The summed E-state index contributed by atoms with van der Waals surface area (Å²) in [4.78, 5) is 27.5. The Kier molecular flexibility index (Phi) is 2.79. The van der Waals surface area contributed by atoms with E-state index in [1.807, 2.05) is 36.4 Å². The van der Waals surface area contributed by atoms with E-state index in [1.54, 1.807) is 6.07 Å². The van der Waals surface area contributed by atoms with Gasteiger partial charge in [0.2, 0.25) is 0 Å². The molecular formula is C16H11N5O. The monoisotopic (exact) mass is 289 g/mol. The molecule has 0 aliphatic carbocycles. The van der Waals surface area contributed by atoms with Crippen LogP contribution in [-0.4, -0.2) is 25.8 Å². The van der Waals surface area contributed by atoms with Gasteiger partial charge in [-0.2, -0.15) is 0 Å². The molecule has 2 aromatic carbocycles. The summed E-state index contributed by atoms with van der Waals surface area (Å²) in [6, 6.07) is 13.5. The van der Waals surface area contributed by atoms with Crippen molar-refractivity contribution in [2.45, 2.75) is 0 Å². The predicted molar refractivity (Wildman–Crippen MR) is 83.6 cm³/mol. The van der Waals surface area contributed by atoms with Crippen molar-refractivity contribution in [3.05, 3.63) is 60.7 Å². The number of hydrogen-bond donors (Lipinski definition) is 2. The highest BCUT2D eigenvalue weighted by Gasteiger charge is 2.11. The molecule has 6 heteroatoms. The van der Waals surface area contributed by atoms with Gasteiger partial charge in [0.1, 0.15) is 6.33 Å². The number of nitrogens with one attached hydrogen (secondary N) is 2. The van der Waals surface area contributed by atoms with Crippen LogP contribution in [0.2, 0.25) is 0 Å². The number of carbonyl (C=O) groups excluding carboxylic acids is 1. The number of benzene rings is 2. The van der Waals surface area contributed by atoms with E-state index < -0.39 is 0 Å². The lowest BCUT2D eigenvalue weighted by molar-refractivity contribution is 0.102. The lowest BCUT2D eigenvalue weighted by Crippen LogP contribution is -2.13. The van der Waals surface area contributed by atoms with Gasteiger partial charge in [-0.3, -0.25) is 4.79 Å². The number of hydrogen-bond acceptors (Lipinski definition) is 4. The van der Waals surface area contributed by atoms with Crippen molar-refractivity contribution < 1.29 is 4.79 Å². The van der Waals surface area contributed by atoms with Gasteiger partial charge in [-0.1, -0.05) is 30.3 Å². The standard InChI is InChI=1S/C16H11N5O/c22-16(12-6-5-10-3-1-2-4-11(10)7-12)21-15-13-14(18-8-17-13)19-9-20-15/h1-9H,(H2,17,18,19,20,21,22). The molecule has 4 aromatic rings. The van der Waals surface area contributed by atoms with Gasteiger partial charge in [-0.15, -0.1) is 0 Å². The quantitative estimate of drug-likeness (QED) is 0.594. The molecule has 0 aliphatic heterocycles. The lowest BCUT2D eigenvalue weighted by atomic mass is 10.1. The third kappa shape index (κ3) is 2.07. The fourth-order valence-electron chi connectivity index (χ4n) is 2.37. The molecule has 2 heterocycles. The van der Waals surface area contributed by atoms with Crippen LogP contribution in [0, 0.1) is 0 Å². The van der Waals surface area contributed by atoms with Crippen LogP contribution in [0.3, 0.4) is 0 Å². The zero-order valence-corrected chi connectivity index (χ0v) is 11.4. The summed E-state index contributed by atoms with van der Waals surface area (Å²) in [7, 11) is 0. The van der Waals surface area contributed by atoms with Gasteiger partial charge in [-0.25, -0.2) is 15.0 Å². The number of nitrogens with zero attached hydrogens (tertiary/aromatic N) is 3. The van der Waals surface area contributed by atoms with Crippen molar-refractivity contribution in [3.8, 4) is 0 Å². The third-order valence-corrected chi connectivity index (χ3v) is 3.46. The Balaban J connectivity index is 1.70. The summed E-state index contributed by atoms with van der Waals surface area (Å²) < 4.78 is 0. The van der Waals surface area contributed by atoms with Gasteiger partial charge in [-0.05, 0) is 22.9 Å². The molecule has 0 bridgehead atoms. The molecule has 0 fully saturated rings. The van der Waals surface area contributed by atoms with Crippen LogP contribution in [0.15, 0.2) is 55.1 Å². The Bertz CT molecular complexity index is 992. The maximum Gasteiger partial charge on any atom is 0.256 e. The summed E-state index contributed by atoms with van der Waals surface area (Å²) >= 11 is 0. The molecule has 0 unspecified atom stereocenters. The fraction of sp³-hybridized carbons (Fsp3) is 0. The largest absolute Gasteiger partial charge is 0.329 e. The molecule has 1 amide bonds. The molecule has 0 atom stereocenters. The number of amides is 1. The van der Waals surface area contributed by atoms with Gasteiger partial charge in [0.25, 0.3) is 5.91 Å². The van der Waals surface area contributed by atoms with Crippen molar-refractivity contribution in [1.29, 1.82) is 0 Å². The Hall–Kier alpha value is -3.28. The number of aromatic nitrogens is 4. The van der Waals surface area contributed by atoms with Gasteiger partial charge < -0.3 is 10.3 Å². The molecule has 0 spiro atoms. The average Bonchev–Trinajstić information content (AvgIpc) is 3.04. The molecule has 2 aromatic heterocycles.